The van der Waals surface area contributed by atoms with Crippen LogP contribution in [0.3, 0.4) is 0 Å². The fourth-order valence-electron chi connectivity index (χ4n) is 1.72. The second-order valence-electron chi connectivity index (χ2n) is 3.53. The first-order valence-corrected chi connectivity index (χ1v) is 5.08. The quantitative estimate of drug-likeness (QED) is 0.655. The smallest absolute Gasteiger partial charge is 0.253 e. The highest BCUT2D eigenvalue weighted by Gasteiger charge is 2.18. The highest BCUT2D eigenvalue weighted by molar-refractivity contribution is 5.96. The van der Waals surface area contributed by atoms with Crippen molar-refractivity contribution in [1.82, 2.24) is 10.2 Å². The molecule has 1 aliphatic heterocycles. The fraction of sp³-hybridized carbons (Fsp3) is 0.455. The topological polar surface area (TPSA) is 32.3 Å². The number of rotatable bonds is 1. The van der Waals surface area contributed by atoms with E-state index < -0.39 is 0 Å². The van der Waals surface area contributed by atoms with Crippen LogP contribution in [0.4, 0.5) is 0 Å². The van der Waals surface area contributed by atoms with E-state index in [1.807, 2.05) is 23.1 Å². The zero-order chi connectivity index (χ0) is 9.80. The highest BCUT2D eigenvalue weighted by atomic mass is 16.2. The molecule has 0 aromatic heterocycles. The number of piperazine rings is 1. The molecule has 1 radical (unpaired) electrons. The van der Waals surface area contributed by atoms with Gasteiger partial charge in [-0.3, -0.25) is 4.79 Å². The number of nitrogens with zero attached hydrogens (tertiary/aromatic N) is 1. The molecule has 0 saturated carbocycles. The predicted octanol–water partition coefficient (Wildman–Crippen LogP) is 0.509. The third kappa shape index (κ3) is 2.04. The lowest BCUT2D eigenvalue weighted by molar-refractivity contribution is -0.127. The average molecular weight is 191 g/mol. The lowest BCUT2D eigenvalue weighted by atomic mass is 10.1. The second kappa shape index (κ2) is 4.42. The Kier molecular flexibility index (Phi) is 2.99. The molecule has 0 unspecified atom stereocenters. The van der Waals surface area contributed by atoms with E-state index in [1.54, 1.807) is 0 Å². The van der Waals surface area contributed by atoms with Gasteiger partial charge >= 0.3 is 0 Å². The molecule has 2 rings (SSSR count). The van der Waals surface area contributed by atoms with Crippen molar-refractivity contribution in [3.05, 3.63) is 30.2 Å². The van der Waals surface area contributed by atoms with Gasteiger partial charge in [-0.05, 0) is 12.8 Å². The molecular weight excluding hydrogens is 176 g/mol. The van der Waals surface area contributed by atoms with Crippen molar-refractivity contribution in [2.75, 3.05) is 26.2 Å². The lowest BCUT2D eigenvalue weighted by Crippen LogP contribution is -2.46. The number of carbonyl (C=O) groups is 1. The van der Waals surface area contributed by atoms with Gasteiger partial charge in [0.25, 0.3) is 5.91 Å². The minimum absolute atomic E-state index is 0.177. The Balaban J connectivity index is 1.99. The molecule has 0 aromatic carbocycles. The molecule has 1 N–H and O–H groups in total. The summed E-state index contributed by atoms with van der Waals surface area (Å²) in [7, 11) is 0. The van der Waals surface area contributed by atoms with Crippen molar-refractivity contribution in [3.63, 3.8) is 0 Å². The van der Waals surface area contributed by atoms with E-state index in [4.69, 9.17) is 0 Å². The molecule has 1 fully saturated rings. The van der Waals surface area contributed by atoms with Crippen LogP contribution >= 0.6 is 0 Å². The minimum Gasteiger partial charge on any atom is -0.336 e. The number of hydrogen-bond acceptors (Lipinski definition) is 2. The molecule has 0 bridgehead atoms. The molecule has 0 atom stereocenters. The van der Waals surface area contributed by atoms with E-state index in [9.17, 15) is 4.79 Å². The van der Waals surface area contributed by atoms with Crippen LogP contribution < -0.4 is 5.32 Å². The van der Waals surface area contributed by atoms with Crippen LogP contribution in [0.25, 0.3) is 0 Å². The van der Waals surface area contributed by atoms with Crippen LogP contribution in [0.15, 0.2) is 23.8 Å². The Hall–Kier alpha value is -1.09. The van der Waals surface area contributed by atoms with Gasteiger partial charge in [-0.25, -0.2) is 0 Å². The van der Waals surface area contributed by atoms with Crippen LogP contribution in [0.1, 0.15) is 6.42 Å². The Morgan fingerprint density at radius 1 is 1.36 bits per heavy atom. The summed E-state index contributed by atoms with van der Waals surface area (Å²) in [5.41, 5.74) is 0.842. The number of amides is 1. The van der Waals surface area contributed by atoms with Gasteiger partial charge in [-0.15, -0.1) is 0 Å². The molecule has 3 nitrogen and oxygen atoms in total. The van der Waals surface area contributed by atoms with Gasteiger partial charge in [0, 0.05) is 31.8 Å². The monoisotopic (exact) mass is 191 g/mol. The molecule has 1 saturated heterocycles. The van der Waals surface area contributed by atoms with Crippen molar-refractivity contribution in [3.8, 4) is 0 Å². The molecule has 1 heterocycles. The molecule has 0 spiro atoms. The first kappa shape index (κ1) is 9.46. The maximum Gasteiger partial charge on any atom is 0.253 e. The molecule has 1 aliphatic carbocycles. The number of nitrogens with one attached hydrogen (secondary N) is 1. The van der Waals surface area contributed by atoms with Gasteiger partial charge in [0.2, 0.25) is 0 Å². The summed E-state index contributed by atoms with van der Waals surface area (Å²) in [5.74, 6) is 0.177. The van der Waals surface area contributed by atoms with Crippen LogP contribution in [-0.4, -0.2) is 37.0 Å². The summed E-state index contributed by atoms with van der Waals surface area (Å²) in [4.78, 5) is 13.8. The number of carbonyl (C=O) groups excluding carboxylic acids is 1. The summed E-state index contributed by atoms with van der Waals surface area (Å²) in [6.45, 7) is 3.48. The minimum atomic E-state index is 0.177. The van der Waals surface area contributed by atoms with Crippen LogP contribution in [0.2, 0.25) is 0 Å². The number of allylic oxidation sites excluding steroid dienone is 2. The average Bonchev–Trinajstić information content (AvgIpc) is 2.30. The van der Waals surface area contributed by atoms with Gasteiger partial charge in [0.05, 0.1) is 0 Å². The van der Waals surface area contributed by atoms with E-state index in [0.29, 0.717) is 0 Å². The van der Waals surface area contributed by atoms with Gasteiger partial charge in [0.15, 0.2) is 0 Å². The summed E-state index contributed by atoms with van der Waals surface area (Å²) in [6.07, 6.45) is 8.77. The summed E-state index contributed by atoms with van der Waals surface area (Å²) < 4.78 is 0. The Labute approximate surface area is 84.5 Å². The van der Waals surface area contributed by atoms with Gasteiger partial charge in [0.1, 0.15) is 0 Å². The van der Waals surface area contributed by atoms with E-state index in [1.165, 1.54) is 0 Å². The zero-order valence-corrected chi connectivity index (χ0v) is 8.20. The number of hydrogen-bond donors (Lipinski definition) is 1. The third-order valence-electron chi connectivity index (χ3n) is 2.54. The molecule has 2 aliphatic rings. The summed E-state index contributed by atoms with van der Waals surface area (Å²) >= 11 is 0. The molecule has 75 valence electrons. The normalized spacial score (nSPS) is 22.0. The molecule has 1 amide bonds. The van der Waals surface area contributed by atoms with Crippen molar-refractivity contribution in [2.45, 2.75) is 6.42 Å². The van der Waals surface area contributed by atoms with E-state index in [2.05, 4.69) is 11.7 Å². The van der Waals surface area contributed by atoms with E-state index in [0.717, 1.165) is 38.2 Å². The second-order valence-corrected chi connectivity index (χ2v) is 3.53. The molecule has 14 heavy (non-hydrogen) atoms. The van der Waals surface area contributed by atoms with Crippen molar-refractivity contribution in [2.24, 2.45) is 0 Å². The van der Waals surface area contributed by atoms with Crippen molar-refractivity contribution >= 4 is 5.91 Å². The lowest BCUT2D eigenvalue weighted by Gasteiger charge is -2.28. The maximum atomic E-state index is 11.9. The van der Waals surface area contributed by atoms with Crippen LogP contribution in [-0.2, 0) is 4.79 Å². The Morgan fingerprint density at radius 3 is 2.79 bits per heavy atom. The Bertz CT molecular complexity index is 275. The SMILES string of the molecule is O=C(C1=CC[CH]C=C1)N1CCNCC1. The zero-order valence-electron chi connectivity index (χ0n) is 8.20. The first-order valence-electron chi connectivity index (χ1n) is 5.08. The maximum absolute atomic E-state index is 11.9. The van der Waals surface area contributed by atoms with Gasteiger partial charge < -0.3 is 10.2 Å². The van der Waals surface area contributed by atoms with Crippen LogP contribution in [0, 0.1) is 6.42 Å². The summed E-state index contributed by atoms with van der Waals surface area (Å²) in [5, 5.41) is 3.23. The third-order valence-corrected chi connectivity index (χ3v) is 2.54. The van der Waals surface area contributed by atoms with Gasteiger partial charge in [-0.2, -0.15) is 0 Å². The van der Waals surface area contributed by atoms with Crippen molar-refractivity contribution in [1.29, 1.82) is 0 Å². The molecule has 3 heteroatoms. The van der Waals surface area contributed by atoms with E-state index in [-0.39, 0.29) is 5.91 Å². The first-order chi connectivity index (χ1) is 6.88. The van der Waals surface area contributed by atoms with E-state index >= 15 is 0 Å². The van der Waals surface area contributed by atoms with Crippen molar-refractivity contribution < 1.29 is 4.79 Å². The Morgan fingerprint density at radius 2 is 2.14 bits per heavy atom. The molecule has 0 aromatic rings. The largest absolute Gasteiger partial charge is 0.336 e. The fourth-order valence-corrected chi connectivity index (χ4v) is 1.72. The van der Waals surface area contributed by atoms with Gasteiger partial charge in [-0.1, -0.05) is 18.2 Å². The van der Waals surface area contributed by atoms with Crippen LogP contribution in [0.5, 0.6) is 0 Å². The molecular formula is C11H15N2O. The predicted molar refractivity (Wildman–Crippen MR) is 55.6 cm³/mol. The highest BCUT2D eigenvalue weighted by Crippen LogP contribution is 2.12. The summed E-state index contributed by atoms with van der Waals surface area (Å²) in [6, 6.07) is 0. The standard InChI is InChI=1S/C11H15N2O/c14-11(10-4-2-1-3-5-10)13-8-6-12-7-9-13/h1-2,4-5,12H,3,6-9H2.